The van der Waals surface area contributed by atoms with E-state index in [0.717, 1.165) is 4.31 Å². The van der Waals surface area contributed by atoms with E-state index in [1.807, 2.05) is 20.8 Å². The first-order chi connectivity index (χ1) is 18.9. The van der Waals surface area contributed by atoms with E-state index >= 15 is 0 Å². The number of anilines is 1. The van der Waals surface area contributed by atoms with Crippen molar-refractivity contribution < 1.29 is 22.7 Å². The van der Waals surface area contributed by atoms with Gasteiger partial charge in [0.25, 0.3) is 10.0 Å². The van der Waals surface area contributed by atoms with Crippen LogP contribution in [0.3, 0.4) is 0 Å². The largest absolute Gasteiger partial charge is 0.494 e. The zero-order valence-corrected chi connectivity index (χ0v) is 25.1. The standard InChI is InChI=1S/C29H33Cl2N3O5S/c1-5-39-23-16-14-22(15-17-23)34(40(37,38)24-10-7-6-8-11-24)19-28(35)33(21(4)29(36)32-20(2)3)18-25-26(30)12-9-13-27(25)31/h6-17,20-21H,5,18-19H2,1-4H3,(H,32,36)/t21-/m0/s1. The Labute approximate surface area is 245 Å². The molecule has 3 rings (SSSR count). The molecule has 0 bridgehead atoms. The third kappa shape index (κ3) is 7.68. The highest BCUT2D eigenvalue weighted by molar-refractivity contribution is 7.92. The van der Waals surface area contributed by atoms with Crippen LogP contribution in [0.15, 0.2) is 77.7 Å². The van der Waals surface area contributed by atoms with Gasteiger partial charge in [-0.25, -0.2) is 8.42 Å². The highest BCUT2D eigenvalue weighted by atomic mass is 35.5. The van der Waals surface area contributed by atoms with E-state index in [9.17, 15) is 18.0 Å². The van der Waals surface area contributed by atoms with Crippen molar-refractivity contribution in [2.75, 3.05) is 17.5 Å². The lowest BCUT2D eigenvalue weighted by atomic mass is 10.1. The van der Waals surface area contributed by atoms with Crippen molar-refractivity contribution in [2.45, 2.75) is 51.2 Å². The zero-order valence-electron chi connectivity index (χ0n) is 22.8. The molecule has 0 spiro atoms. The van der Waals surface area contributed by atoms with Gasteiger partial charge in [-0.3, -0.25) is 13.9 Å². The Kier molecular flexibility index (Phi) is 10.8. The molecule has 0 aromatic heterocycles. The van der Waals surface area contributed by atoms with Crippen LogP contribution in [-0.4, -0.2) is 50.4 Å². The molecule has 0 aliphatic heterocycles. The van der Waals surface area contributed by atoms with Crippen molar-refractivity contribution in [3.05, 3.63) is 88.4 Å². The van der Waals surface area contributed by atoms with Gasteiger partial charge in [0.15, 0.2) is 0 Å². The van der Waals surface area contributed by atoms with Gasteiger partial charge in [0.1, 0.15) is 18.3 Å². The third-order valence-electron chi connectivity index (χ3n) is 6.03. The lowest BCUT2D eigenvalue weighted by Gasteiger charge is -2.32. The van der Waals surface area contributed by atoms with E-state index in [4.69, 9.17) is 27.9 Å². The number of hydrogen-bond acceptors (Lipinski definition) is 5. The summed E-state index contributed by atoms with van der Waals surface area (Å²) in [6, 6.07) is 18.1. The molecule has 0 saturated carbocycles. The summed E-state index contributed by atoms with van der Waals surface area (Å²) < 4.78 is 34.2. The summed E-state index contributed by atoms with van der Waals surface area (Å²) >= 11 is 12.8. The van der Waals surface area contributed by atoms with E-state index in [2.05, 4.69) is 5.32 Å². The average Bonchev–Trinajstić information content (AvgIpc) is 2.92. The Bertz CT molecular complexity index is 1400. The fourth-order valence-electron chi connectivity index (χ4n) is 3.97. The number of rotatable bonds is 12. The van der Waals surface area contributed by atoms with Gasteiger partial charge < -0.3 is 15.0 Å². The molecule has 0 aliphatic rings. The van der Waals surface area contributed by atoms with Gasteiger partial charge in [-0.1, -0.05) is 47.5 Å². The van der Waals surface area contributed by atoms with Gasteiger partial charge in [0, 0.05) is 28.2 Å². The first-order valence-electron chi connectivity index (χ1n) is 12.8. The quantitative estimate of drug-likeness (QED) is 0.293. The summed E-state index contributed by atoms with van der Waals surface area (Å²) in [7, 11) is -4.17. The number of carbonyl (C=O) groups is 2. The molecule has 1 N–H and O–H groups in total. The minimum atomic E-state index is -4.17. The predicted molar refractivity (Wildman–Crippen MR) is 158 cm³/mol. The maximum Gasteiger partial charge on any atom is 0.264 e. The number of nitrogens with one attached hydrogen (secondary N) is 1. The van der Waals surface area contributed by atoms with Crippen molar-refractivity contribution in [2.24, 2.45) is 0 Å². The van der Waals surface area contributed by atoms with Crippen molar-refractivity contribution in [3.8, 4) is 5.75 Å². The van der Waals surface area contributed by atoms with Gasteiger partial charge >= 0.3 is 0 Å². The second kappa shape index (κ2) is 13.9. The van der Waals surface area contributed by atoms with Crippen molar-refractivity contribution in [1.82, 2.24) is 10.2 Å². The first-order valence-corrected chi connectivity index (χ1v) is 15.0. The molecule has 0 unspecified atom stereocenters. The molecule has 1 atom stereocenters. The molecule has 0 saturated heterocycles. The van der Waals surface area contributed by atoms with Gasteiger partial charge in [0.05, 0.1) is 17.2 Å². The number of amides is 2. The maximum atomic E-state index is 14.0. The Balaban J connectivity index is 2.06. The molecule has 0 aliphatic carbocycles. The topological polar surface area (TPSA) is 96.0 Å². The maximum absolute atomic E-state index is 14.0. The number of nitrogens with zero attached hydrogens (tertiary/aromatic N) is 2. The SMILES string of the molecule is CCOc1ccc(N(CC(=O)N(Cc2c(Cl)cccc2Cl)[C@@H](C)C(=O)NC(C)C)S(=O)(=O)c2ccccc2)cc1. The monoisotopic (exact) mass is 605 g/mol. The molecule has 0 radical (unpaired) electrons. The molecule has 0 heterocycles. The minimum absolute atomic E-state index is 0.0167. The fraction of sp³-hybridized carbons (Fsp3) is 0.310. The number of sulfonamides is 1. The molecular weight excluding hydrogens is 573 g/mol. The van der Waals surface area contributed by atoms with Crippen LogP contribution in [0, 0.1) is 0 Å². The predicted octanol–water partition coefficient (Wildman–Crippen LogP) is 5.53. The van der Waals surface area contributed by atoms with E-state index < -0.39 is 34.4 Å². The summed E-state index contributed by atoms with van der Waals surface area (Å²) in [6.07, 6.45) is 0. The molecule has 3 aromatic carbocycles. The Morgan fingerprint density at radius 1 is 0.900 bits per heavy atom. The normalized spacial score (nSPS) is 12.1. The Morgan fingerprint density at radius 2 is 1.50 bits per heavy atom. The first kappa shape index (κ1) is 31.3. The molecule has 40 heavy (non-hydrogen) atoms. The molecule has 2 amide bonds. The molecule has 0 fully saturated rings. The fourth-order valence-corrected chi connectivity index (χ4v) is 5.92. The van der Waals surface area contributed by atoms with Crippen molar-refractivity contribution >= 4 is 50.7 Å². The van der Waals surface area contributed by atoms with E-state index in [1.54, 1.807) is 67.6 Å². The number of hydrogen-bond donors (Lipinski definition) is 1. The molecule has 8 nitrogen and oxygen atoms in total. The van der Waals surface area contributed by atoms with Crippen LogP contribution in [0.1, 0.15) is 33.3 Å². The van der Waals surface area contributed by atoms with Gasteiger partial charge in [-0.2, -0.15) is 0 Å². The zero-order chi connectivity index (χ0) is 29.4. The molecule has 214 valence electrons. The summed E-state index contributed by atoms with van der Waals surface area (Å²) in [5.74, 6) is -0.454. The van der Waals surface area contributed by atoms with Crippen LogP contribution in [-0.2, 0) is 26.2 Å². The molecular formula is C29H33Cl2N3O5S. The average molecular weight is 607 g/mol. The highest BCUT2D eigenvalue weighted by Crippen LogP contribution is 2.29. The lowest BCUT2D eigenvalue weighted by molar-refractivity contribution is -0.139. The van der Waals surface area contributed by atoms with Crippen LogP contribution >= 0.6 is 23.2 Å². The summed E-state index contributed by atoms with van der Waals surface area (Å²) in [5, 5.41) is 3.45. The third-order valence-corrected chi connectivity index (χ3v) is 8.53. The van der Waals surface area contributed by atoms with Crippen molar-refractivity contribution in [3.63, 3.8) is 0 Å². The number of carbonyl (C=O) groups excluding carboxylic acids is 2. The van der Waals surface area contributed by atoms with Gasteiger partial charge in [0.2, 0.25) is 11.8 Å². The number of benzene rings is 3. The van der Waals surface area contributed by atoms with Gasteiger partial charge in [-0.05, 0) is 76.2 Å². The summed E-state index contributed by atoms with van der Waals surface area (Å²) in [6.45, 7) is 6.80. The highest BCUT2D eigenvalue weighted by Gasteiger charge is 2.33. The van der Waals surface area contributed by atoms with Gasteiger partial charge in [-0.15, -0.1) is 0 Å². The second-order valence-corrected chi connectivity index (χ2v) is 12.0. The minimum Gasteiger partial charge on any atom is -0.494 e. The van der Waals surface area contributed by atoms with Crippen LogP contribution in [0.4, 0.5) is 5.69 Å². The second-order valence-electron chi connectivity index (χ2n) is 9.31. The van der Waals surface area contributed by atoms with E-state index in [-0.39, 0.29) is 23.2 Å². The lowest BCUT2D eigenvalue weighted by Crippen LogP contribution is -2.52. The van der Waals surface area contributed by atoms with Crippen molar-refractivity contribution in [1.29, 1.82) is 0 Å². The summed E-state index contributed by atoms with van der Waals surface area (Å²) in [4.78, 5) is 28.3. The van der Waals surface area contributed by atoms with E-state index in [0.29, 0.717) is 28.0 Å². The summed E-state index contributed by atoms with van der Waals surface area (Å²) in [5.41, 5.74) is 0.706. The number of ether oxygens (including phenoxy) is 1. The molecule has 3 aromatic rings. The van der Waals surface area contributed by atoms with Crippen LogP contribution < -0.4 is 14.4 Å². The number of halogens is 2. The van der Waals surface area contributed by atoms with Crippen LogP contribution in [0.2, 0.25) is 10.0 Å². The Morgan fingerprint density at radius 3 is 2.05 bits per heavy atom. The van der Waals surface area contributed by atoms with Crippen LogP contribution in [0.5, 0.6) is 5.75 Å². The smallest absolute Gasteiger partial charge is 0.264 e. The Hall–Kier alpha value is -3.27. The molecule has 11 heteroatoms. The van der Waals surface area contributed by atoms with E-state index in [1.165, 1.54) is 17.0 Å². The van der Waals surface area contributed by atoms with Crippen LogP contribution in [0.25, 0.3) is 0 Å².